The fraction of sp³-hybridized carbons (Fsp3) is 0.222. The maximum absolute atomic E-state index is 5.56. The first-order valence-electron chi connectivity index (χ1n) is 4.23. The summed E-state index contributed by atoms with van der Waals surface area (Å²) < 4.78 is 7.72. The number of rotatable bonds is 3. The molecule has 0 bridgehead atoms. The van der Waals surface area contributed by atoms with Crippen molar-refractivity contribution in [3.05, 3.63) is 40.5 Å². The van der Waals surface area contributed by atoms with Crippen molar-refractivity contribution in [2.24, 2.45) is 5.73 Å². The average molecular weight is 256 g/mol. The van der Waals surface area contributed by atoms with Gasteiger partial charge in [0.25, 0.3) is 0 Å². The summed E-state index contributed by atoms with van der Waals surface area (Å²) in [5.74, 6) is 0. The van der Waals surface area contributed by atoms with E-state index in [0.717, 1.165) is 15.9 Å². The molecule has 14 heavy (non-hydrogen) atoms. The molecule has 2 rings (SSSR count). The van der Waals surface area contributed by atoms with Gasteiger partial charge in [-0.05, 0) is 28.1 Å². The maximum Gasteiger partial charge on any atom is 0.169 e. The van der Waals surface area contributed by atoms with E-state index >= 15 is 0 Å². The van der Waals surface area contributed by atoms with Crippen LogP contribution < -0.4 is 5.73 Å². The van der Waals surface area contributed by atoms with E-state index in [1.807, 2.05) is 16.8 Å². The zero-order valence-electron chi connectivity index (χ0n) is 7.48. The normalized spacial score (nSPS) is 10.7. The Morgan fingerprint density at radius 3 is 3.07 bits per heavy atom. The van der Waals surface area contributed by atoms with Gasteiger partial charge in [-0.3, -0.25) is 4.68 Å². The van der Waals surface area contributed by atoms with Crippen molar-refractivity contribution in [3.63, 3.8) is 0 Å². The van der Waals surface area contributed by atoms with Gasteiger partial charge >= 0.3 is 0 Å². The average Bonchev–Trinajstić information content (AvgIpc) is 2.76. The smallest absolute Gasteiger partial charge is 0.169 e. The van der Waals surface area contributed by atoms with E-state index in [2.05, 4.69) is 21.0 Å². The highest BCUT2D eigenvalue weighted by Gasteiger charge is 2.03. The molecule has 0 radical (unpaired) electrons. The number of aromatic nitrogens is 2. The third-order valence-electron chi connectivity index (χ3n) is 1.97. The van der Waals surface area contributed by atoms with Crippen molar-refractivity contribution in [3.8, 4) is 0 Å². The second kappa shape index (κ2) is 3.98. The highest BCUT2D eigenvalue weighted by atomic mass is 79.9. The quantitative estimate of drug-likeness (QED) is 0.910. The molecule has 4 nitrogen and oxygen atoms in total. The van der Waals surface area contributed by atoms with Crippen LogP contribution in [0.4, 0.5) is 0 Å². The predicted octanol–water partition coefficient (Wildman–Crippen LogP) is 1.75. The summed E-state index contributed by atoms with van der Waals surface area (Å²) >= 11 is 3.25. The SMILES string of the molecule is NCc1ccnn1Cc1coc(Br)c1. The van der Waals surface area contributed by atoms with Gasteiger partial charge in [-0.2, -0.15) is 5.10 Å². The number of halogens is 1. The van der Waals surface area contributed by atoms with E-state index in [-0.39, 0.29) is 0 Å². The Kier molecular flexibility index (Phi) is 2.69. The standard InChI is InChI=1S/C9H10BrN3O/c10-9-3-7(6-14-9)5-13-8(4-11)1-2-12-13/h1-3,6H,4-5,11H2. The first-order chi connectivity index (χ1) is 6.79. The van der Waals surface area contributed by atoms with Crippen molar-refractivity contribution >= 4 is 15.9 Å². The van der Waals surface area contributed by atoms with Gasteiger partial charge in [0, 0.05) is 18.3 Å². The summed E-state index contributed by atoms with van der Waals surface area (Å²) in [7, 11) is 0. The zero-order chi connectivity index (χ0) is 9.97. The molecule has 0 aliphatic heterocycles. The van der Waals surface area contributed by atoms with Crippen LogP contribution in [-0.4, -0.2) is 9.78 Å². The molecule has 0 spiro atoms. The van der Waals surface area contributed by atoms with Crippen LogP contribution in [0.25, 0.3) is 0 Å². The lowest BCUT2D eigenvalue weighted by Crippen LogP contribution is -2.09. The minimum atomic E-state index is 0.499. The molecule has 0 unspecified atom stereocenters. The van der Waals surface area contributed by atoms with Crippen LogP contribution in [0, 0.1) is 0 Å². The van der Waals surface area contributed by atoms with Gasteiger partial charge in [-0.15, -0.1) is 0 Å². The molecule has 2 aromatic rings. The summed E-state index contributed by atoms with van der Waals surface area (Å²) in [5, 5.41) is 4.17. The van der Waals surface area contributed by atoms with E-state index in [1.165, 1.54) is 0 Å². The van der Waals surface area contributed by atoms with E-state index in [0.29, 0.717) is 13.1 Å². The van der Waals surface area contributed by atoms with Crippen molar-refractivity contribution in [2.75, 3.05) is 0 Å². The molecule has 0 saturated heterocycles. The zero-order valence-corrected chi connectivity index (χ0v) is 9.07. The minimum Gasteiger partial charge on any atom is -0.457 e. The molecule has 0 aliphatic rings. The van der Waals surface area contributed by atoms with Gasteiger partial charge in [0.1, 0.15) is 0 Å². The first-order valence-corrected chi connectivity index (χ1v) is 5.02. The Labute approximate surface area is 89.8 Å². The van der Waals surface area contributed by atoms with Gasteiger partial charge < -0.3 is 10.2 Å². The van der Waals surface area contributed by atoms with Gasteiger partial charge in [0.05, 0.1) is 18.5 Å². The predicted molar refractivity (Wildman–Crippen MR) is 55.6 cm³/mol. The van der Waals surface area contributed by atoms with E-state index in [1.54, 1.807) is 12.5 Å². The molecular formula is C9H10BrN3O. The van der Waals surface area contributed by atoms with Gasteiger partial charge in [-0.1, -0.05) is 0 Å². The van der Waals surface area contributed by atoms with Gasteiger partial charge in [0.2, 0.25) is 0 Å². The number of furan rings is 1. The summed E-state index contributed by atoms with van der Waals surface area (Å²) in [6, 6.07) is 3.83. The Morgan fingerprint density at radius 2 is 2.43 bits per heavy atom. The van der Waals surface area contributed by atoms with Gasteiger partial charge in [-0.25, -0.2) is 0 Å². The Hall–Kier alpha value is -1.07. The van der Waals surface area contributed by atoms with Crippen LogP contribution in [0.3, 0.4) is 0 Å². The number of nitrogens with two attached hydrogens (primary N) is 1. The number of nitrogens with zero attached hydrogens (tertiary/aromatic N) is 2. The summed E-state index contributed by atoms with van der Waals surface area (Å²) in [5.41, 5.74) is 7.64. The van der Waals surface area contributed by atoms with Crippen LogP contribution in [0.15, 0.2) is 33.7 Å². The maximum atomic E-state index is 5.56. The third kappa shape index (κ3) is 1.88. The Balaban J connectivity index is 2.18. The van der Waals surface area contributed by atoms with Crippen LogP contribution >= 0.6 is 15.9 Å². The molecule has 2 heterocycles. The largest absolute Gasteiger partial charge is 0.457 e. The Bertz CT molecular complexity index is 421. The topological polar surface area (TPSA) is 57.0 Å². The van der Waals surface area contributed by atoms with Crippen LogP contribution in [0.2, 0.25) is 0 Å². The summed E-state index contributed by atoms with van der Waals surface area (Å²) in [4.78, 5) is 0. The molecule has 0 amide bonds. The molecule has 0 saturated carbocycles. The summed E-state index contributed by atoms with van der Waals surface area (Å²) in [6.45, 7) is 1.19. The van der Waals surface area contributed by atoms with E-state index < -0.39 is 0 Å². The molecule has 74 valence electrons. The van der Waals surface area contributed by atoms with Crippen molar-refractivity contribution in [1.82, 2.24) is 9.78 Å². The molecule has 0 atom stereocenters. The lowest BCUT2D eigenvalue weighted by molar-refractivity contribution is 0.534. The van der Waals surface area contributed by atoms with E-state index in [4.69, 9.17) is 10.2 Å². The lowest BCUT2D eigenvalue weighted by Gasteiger charge is -2.02. The Morgan fingerprint density at radius 1 is 1.57 bits per heavy atom. The number of hydrogen-bond donors (Lipinski definition) is 1. The molecule has 5 heteroatoms. The molecule has 0 fully saturated rings. The monoisotopic (exact) mass is 255 g/mol. The highest BCUT2D eigenvalue weighted by molar-refractivity contribution is 9.10. The second-order valence-electron chi connectivity index (χ2n) is 2.94. The first kappa shape index (κ1) is 9.48. The lowest BCUT2D eigenvalue weighted by atomic mass is 10.3. The fourth-order valence-corrected chi connectivity index (χ4v) is 1.66. The third-order valence-corrected chi connectivity index (χ3v) is 2.38. The fourth-order valence-electron chi connectivity index (χ4n) is 1.28. The van der Waals surface area contributed by atoms with Crippen LogP contribution in [-0.2, 0) is 13.1 Å². The molecule has 2 N–H and O–H groups in total. The van der Waals surface area contributed by atoms with Gasteiger partial charge in [0.15, 0.2) is 4.67 Å². The molecule has 2 aromatic heterocycles. The molecular weight excluding hydrogens is 246 g/mol. The van der Waals surface area contributed by atoms with Crippen molar-refractivity contribution < 1.29 is 4.42 Å². The van der Waals surface area contributed by atoms with E-state index in [9.17, 15) is 0 Å². The van der Waals surface area contributed by atoms with Crippen LogP contribution in [0.1, 0.15) is 11.3 Å². The van der Waals surface area contributed by atoms with Crippen LogP contribution in [0.5, 0.6) is 0 Å². The number of hydrogen-bond acceptors (Lipinski definition) is 3. The minimum absolute atomic E-state index is 0.499. The highest BCUT2D eigenvalue weighted by Crippen LogP contribution is 2.15. The molecule has 0 aromatic carbocycles. The molecule has 0 aliphatic carbocycles. The van der Waals surface area contributed by atoms with Crippen molar-refractivity contribution in [1.29, 1.82) is 0 Å². The summed E-state index contributed by atoms with van der Waals surface area (Å²) in [6.07, 6.45) is 3.45. The van der Waals surface area contributed by atoms with Crippen molar-refractivity contribution in [2.45, 2.75) is 13.1 Å². The second-order valence-corrected chi connectivity index (χ2v) is 3.72.